The van der Waals surface area contributed by atoms with Crippen molar-refractivity contribution < 1.29 is 14.0 Å². The number of nitrogens with one attached hydrogen (secondary N) is 1. The van der Waals surface area contributed by atoms with Gasteiger partial charge < -0.3 is 10.2 Å². The first-order valence-electron chi connectivity index (χ1n) is 8.65. The number of hydrogen-bond donors (Lipinski definition) is 1. The van der Waals surface area contributed by atoms with Crippen molar-refractivity contribution in [3.63, 3.8) is 0 Å². The molecular weight excluding hydrogens is 333 g/mol. The molecule has 0 unspecified atom stereocenters. The van der Waals surface area contributed by atoms with Crippen LogP contribution >= 0.6 is 0 Å². The highest BCUT2D eigenvalue weighted by molar-refractivity contribution is 5.98. The topological polar surface area (TPSA) is 52.7 Å². The van der Waals surface area contributed by atoms with E-state index in [0.29, 0.717) is 26.2 Å². The lowest BCUT2D eigenvalue weighted by molar-refractivity contribution is 0.0880. The highest BCUT2D eigenvalue weighted by Gasteiger charge is 2.23. The molecule has 0 aliphatic carbocycles. The minimum absolute atomic E-state index is 0.134. The van der Waals surface area contributed by atoms with E-state index in [9.17, 15) is 14.0 Å². The molecular formula is C20H22FN3O2. The number of piperazine rings is 1. The zero-order valence-electron chi connectivity index (χ0n) is 14.7. The summed E-state index contributed by atoms with van der Waals surface area (Å²) in [6.45, 7) is 4.22. The van der Waals surface area contributed by atoms with Gasteiger partial charge >= 0.3 is 6.03 Å². The van der Waals surface area contributed by atoms with Crippen LogP contribution in [0.25, 0.3) is 0 Å². The zero-order chi connectivity index (χ0) is 18.5. The predicted octanol–water partition coefficient (Wildman–Crippen LogP) is 3.17. The average molecular weight is 355 g/mol. The van der Waals surface area contributed by atoms with Crippen LogP contribution in [0.3, 0.4) is 0 Å². The normalized spacial score (nSPS) is 14.9. The third-order valence-corrected chi connectivity index (χ3v) is 4.47. The van der Waals surface area contributed by atoms with Gasteiger partial charge in [0.1, 0.15) is 5.82 Å². The molecule has 0 aromatic heterocycles. The first kappa shape index (κ1) is 18.1. The van der Waals surface area contributed by atoms with Gasteiger partial charge in [-0.15, -0.1) is 0 Å². The number of anilines is 1. The minimum atomic E-state index is -0.485. The lowest BCUT2D eigenvalue weighted by Crippen LogP contribution is -2.51. The van der Waals surface area contributed by atoms with Gasteiger partial charge in [-0.25, -0.2) is 9.18 Å². The van der Waals surface area contributed by atoms with Crippen LogP contribution < -0.4 is 5.32 Å². The quantitative estimate of drug-likeness (QED) is 0.857. The molecule has 1 fully saturated rings. The van der Waals surface area contributed by atoms with Crippen molar-refractivity contribution in [2.75, 3.05) is 38.0 Å². The summed E-state index contributed by atoms with van der Waals surface area (Å²) >= 11 is 0. The predicted molar refractivity (Wildman–Crippen MR) is 98.9 cm³/mol. The maximum Gasteiger partial charge on any atom is 0.321 e. The van der Waals surface area contributed by atoms with Crippen molar-refractivity contribution in [1.29, 1.82) is 0 Å². The summed E-state index contributed by atoms with van der Waals surface area (Å²) in [6.07, 6.45) is 0. The van der Waals surface area contributed by atoms with Crippen LogP contribution in [0.5, 0.6) is 0 Å². The highest BCUT2D eigenvalue weighted by atomic mass is 19.1. The SMILES string of the molecule is Cc1ccc(F)c(C(=O)CN2CCN(C(=O)Nc3ccccc3)CC2)c1. The summed E-state index contributed by atoms with van der Waals surface area (Å²) in [6, 6.07) is 13.7. The van der Waals surface area contributed by atoms with E-state index in [1.165, 1.54) is 6.07 Å². The number of benzene rings is 2. The van der Waals surface area contributed by atoms with E-state index in [0.717, 1.165) is 11.3 Å². The summed E-state index contributed by atoms with van der Waals surface area (Å²) in [7, 11) is 0. The van der Waals surface area contributed by atoms with Gasteiger partial charge in [-0.3, -0.25) is 9.69 Å². The van der Waals surface area contributed by atoms with E-state index in [1.54, 1.807) is 17.0 Å². The number of urea groups is 1. The molecule has 1 aliphatic heterocycles. The number of carbonyl (C=O) groups is 2. The van der Waals surface area contributed by atoms with Crippen LogP contribution in [0.4, 0.5) is 14.9 Å². The largest absolute Gasteiger partial charge is 0.322 e. The van der Waals surface area contributed by atoms with Crippen molar-refractivity contribution in [2.45, 2.75) is 6.92 Å². The lowest BCUT2D eigenvalue weighted by Gasteiger charge is -2.34. The van der Waals surface area contributed by atoms with Crippen LogP contribution in [0, 0.1) is 12.7 Å². The molecule has 26 heavy (non-hydrogen) atoms. The van der Waals surface area contributed by atoms with Crippen molar-refractivity contribution in [3.05, 3.63) is 65.5 Å². The Bertz CT molecular complexity index is 787. The number of para-hydroxylation sites is 1. The fourth-order valence-corrected chi connectivity index (χ4v) is 2.97. The fourth-order valence-electron chi connectivity index (χ4n) is 2.97. The third kappa shape index (κ3) is 4.46. The summed E-state index contributed by atoms with van der Waals surface area (Å²) in [5.41, 5.74) is 1.75. The lowest BCUT2D eigenvalue weighted by atomic mass is 10.1. The van der Waals surface area contributed by atoms with Crippen molar-refractivity contribution in [3.8, 4) is 0 Å². The van der Waals surface area contributed by atoms with Gasteiger partial charge in [0.15, 0.2) is 5.78 Å². The van der Waals surface area contributed by atoms with Crippen LogP contribution in [-0.2, 0) is 0 Å². The summed E-state index contributed by atoms with van der Waals surface area (Å²) in [4.78, 5) is 28.3. The second kappa shape index (κ2) is 8.10. The number of carbonyl (C=O) groups excluding carboxylic acids is 2. The van der Waals surface area contributed by atoms with Gasteiger partial charge in [0.25, 0.3) is 0 Å². The summed E-state index contributed by atoms with van der Waals surface area (Å²) < 4.78 is 13.8. The van der Waals surface area contributed by atoms with E-state index in [1.807, 2.05) is 42.2 Å². The molecule has 136 valence electrons. The highest BCUT2D eigenvalue weighted by Crippen LogP contribution is 2.13. The van der Waals surface area contributed by atoms with Crippen molar-refractivity contribution >= 4 is 17.5 Å². The Balaban J connectivity index is 1.51. The molecule has 0 atom stereocenters. The van der Waals surface area contributed by atoms with E-state index < -0.39 is 5.82 Å². The molecule has 1 N–H and O–H groups in total. The molecule has 6 heteroatoms. The van der Waals surface area contributed by atoms with Gasteiger partial charge in [0.05, 0.1) is 12.1 Å². The Morgan fingerprint density at radius 3 is 2.42 bits per heavy atom. The first-order chi connectivity index (χ1) is 12.5. The third-order valence-electron chi connectivity index (χ3n) is 4.47. The Morgan fingerprint density at radius 1 is 1.04 bits per heavy atom. The maximum atomic E-state index is 13.8. The number of aryl methyl sites for hydroxylation is 1. The van der Waals surface area contributed by atoms with E-state index in [4.69, 9.17) is 0 Å². The molecule has 2 amide bonds. The van der Waals surface area contributed by atoms with Gasteiger partial charge in [-0.05, 0) is 31.2 Å². The Kier molecular flexibility index (Phi) is 5.63. The second-order valence-electron chi connectivity index (χ2n) is 6.47. The molecule has 0 radical (unpaired) electrons. The van der Waals surface area contributed by atoms with Crippen LogP contribution in [0.1, 0.15) is 15.9 Å². The zero-order valence-corrected chi connectivity index (χ0v) is 14.7. The van der Waals surface area contributed by atoms with Crippen molar-refractivity contribution in [1.82, 2.24) is 9.80 Å². The van der Waals surface area contributed by atoms with E-state index >= 15 is 0 Å². The number of hydrogen-bond acceptors (Lipinski definition) is 3. The number of halogens is 1. The summed E-state index contributed by atoms with van der Waals surface area (Å²) in [5, 5.41) is 2.86. The van der Waals surface area contributed by atoms with Gasteiger partial charge in [0.2, 0.25) is 0 Å². The molecule has 2 aromatic carbocycles. The van der Waals surface area contributed by atoms with Gasteiger partial charge in [-0.2, -0.15) is 0 Å². The van der Waals surface area contributed by atoms with Gasteiger partial charge in [-0.1, -0.05) is 29.8 Å². The summed E-state index contributed by atoms with van der Waals surface area (Å²) in [5.74, 6) is -0.713. The Hall–Kier alpha value is -2.73. The number of amides is 2. The number of Topliss-reactive ketones (excluding diaryl/α,β-unsaturated/α-hetero) is 1. The molecule has 5 nitrogen and oxygen atoms in total. The minimum Gasteiger partial charge on any atom is -0.322 e. The van der Waals surface area contributed by atoms with Gasteiger partial charge in [0, 0.05) is 31.9 Å². The van der Waals surface area contributed by atoms with E-state index in [-0.39, 0.29) is 23.9 Å². The molecule has 1 heterocycles. The van der Waals surface area contributed by atoms with Crippen LogP contribution in [0.2, 0.25) is 0 Å². The fraction of sp³-hybridized carbons (Fsp3) is 0.300. The number of rotatable bonds is 4. The molecule has 1 aliphatic rings. The molecule has 0 spiro atoms. The smallest absolute Gasteiger partial charge is 0.321 e. The van der Waals surface area contributed by atoms with Crippen molar-refractivity contribution in [2.24, 2.45) is 0 Å². The number of nitrogens with zero attached hydrogens (tertiary/aromatic N) is 2. The average Bonchev–Trinajstić information content (AvgIpc) is 2.65. The molecule has 3 rings (SSSR count). The monoisotopic (exact) mass is 355 g/mol. The standard InChI is InChI=1S/C20H22FN3O2/c1-15-7-8-18(21)17(13-15)19(25)14-23-9-11-24(12-10-23)20(26)22-16-5-3-2-4-6-16/h2-8,13H,9-12,14H2,1H3,(H,22,26). The van der Waals surface area contributed by atoms with Crippen LogP contribution in [-0.4, -0.2) is 54.3 Å². The Morgan fingerprint density at radius 2 is 1.73 bits per heavy atom. The van der Waals surface area contributed by atoms with Crippen LogP contribution in [0.15, 0.2) is 48.5 Å². The molecule has 2 aromatic rings. The first-order valence-corrected chi connectivity index (χ1v) is 8.65. The molecule has 0 bridgehead atoms. The molecule has 0 saturated carbocycles. The maximum absolute atomic E-state index is 13.8. The van der Waals surface area contributed by atoms with E-state index in [2.05, 4.69) is 5.32 Å². The molecule has 1 saturated heterocycles. The second-order valence-corrected chi connectivity index (χ2v) is 6.47. The number of ketones is 1. The Labute approximate surface area is 152 Å².